The molecule has 0 saturated carbocycles. The van der Waals surface area contributed by atoms with E-state index in [0.29, 0.717) is 18.0 Å². The molecule has 3 nitrogen and oxygen atoms in total. The van der Waals surface area contributed by atoms with Crippen molar-refractivity contribution >= 4 is 44.8 Å². The topological polar surface area (TPSA) is 41.1 Å². The van der Waals surface area contributed by atoms with Crippen LogP contribution in [0.3, 0.4) is 0 Å². The lowest BCUT2D eigenvalue weighted by Gasteiger charge is -2.11. The third-order valence-electron chi connectivity index (χ3n) is 3.25. The van der Waals surface area contributed by atoms with Gasteiger partial charge in [0, 0.05) is 16.7 Å². The smallest absolute Gasteiger partial charge is 0.228 e. The van der Waals surface area contributed by atoms with Crippen molar-refractivity contribution in [1.82, 2.24) is 0 Å². The predicted molar refractivity (Wildman–Crippen MR) is 85.3 cm³/mol. The van der Waals surface area contributed by atoms with E-state index < -0.39 is 0 Å². The first-order valence-corrected chi connectivity index (χ1v) is 7.40. The highest BCUT2D eigenvalue weighted by Gasteiger charge is 2.19. The van der Waals surface area contributed by atoms with Gasteiger partial charge in [-0.15, -0.1) is 0 Å². The predicted octanol–water partition coefficient (Wildman–Crippen LogP) is 4.21. The molecule has 20 heavy (non-hydrogen) atoms. The highest BCUT2D eigenvalue weighted by atomic mass is 79.9. The van der Waals surface area contributed by atoms with Crippen molar-refractivity contribution in [2.75, 3.05) is 10.6 Å². The molecule has 0 unspecified atom stereocenters. The number of halogens is 2. The molecule has 0 aliphatic carbocycles. The van der Waals surface area contributed by atoms with Crippen LogP contribution in [0.5, 0.6) is 0 Å². The fourth-order valence-electron chi connectivity index (χ4n) is 2.22. The maximum atomic E-state index is 11.4. The fourth-order valence-corrected chi connectivity index (χ4v) is 2.87. The maximum Gasteiger partial charge on any atom is 0.228 e. The van der Waals surface area contributed by atoms with Gasteiger partial charge < -0.3 is 10.6 Å². The Morgan fingerprint density at radius 3 is 2.90 bits per heavy atom. The number of carbonyl (C=O) groups excluding carboxylic acids is 1. The second kappa shape index (κ2) is 5.46. The van der Waals surface area contributed by atoms with Gasteiger partial charge >= 0.3 is 0 Å². The zero-order chi connectivity index (χ0) is 14.1. The molecule has 0 fully saturated rings. The molecule has 2 aromatic rings. The van der Waals surface area contributed by atoms with E-state index in [4.69, 9.17) is 11.6 Å². The minimum absolute atomic E-state index is 0.0130. The average molecular weight is 352 g/mol. The monoisotopic (exact) mass is 350 g/mol. The van der Waals surface area contributed by atoms with Crippen LogP contribution in [0.1, 0.15) is 11.1 Å². The van der Waals surface area contributed by atoms with Gasteiger partial charge in [-0.2, -0.15) is 0 Å². The Morgan fingerprint density at radius 2 is 2.10 bits per heavy atom. The van der Waals surface area contributed by atoms with Gasteiger partial charge in [0.25, 0.3) is 0 Å². The van der Waals surface area contributed by atoms with Crippen molar-refractivity contribution in [1.29, 1.82) is 0 Å². The quantitative estimate of drug-likeness (QED) is 0.870. The van der Waals surface area contributed by atoms with E-state index in [9.17, 15) is 4.79 Å². The Balaban J connectivity index is 1.80. The Morgan fingerprint density at radius 1 is 1.30 bits per heavy atom. The number of benzene rings is 2. The minimum Gasteiger partial charge on any atom is -0.380 e. The van der Waals surface area contributed by atoms with Crippen molar-refractivity contribution in [3.05, 3.63) is 57.0 Å². The first-order valence-electron chi connectivity index (χ1n) is 6.23. The first-order chi connectivity index (χ1) is 9.63. The standard InChI is InChI=1S/C15H12BrClN2O/c16-11-4-2-1-3-9(11)8-18-14-5-10-6-15(20)19-13(10)7-12(14)17/h1-5,7,18H,6,8H2,(H,19,20). The second-order valence-corrected chi connectivity index (χ2v) is 5.92. The van der Waals surface area contributed by atoms with Crippen LogP contribution in [0.15, 0.2) is 40.9 Å². The van der Waals surface area contributed by atoms with Crippen molar-refractivity contribution in [3.8, 4) is 0 Å². The Hall–Kier alpha value is -1.52. The van der Waals surface area contributed by atoms with E-state index in [1.54, 1.807) is 6.07 Å². The average Bonchev–Trinajstić information content (AvgIpc) is 2.76. The highest BCUT2D eigenvalue weighted by Crippen LogP contribution is 2.33. The second-order valence-electron chi connectivity index (χ2n) is 4.66. The number of carbonyl (C=O) groups is 1. The third-order valence-corrected chi connectivity index (χ3v) is 4.33. The summed E-state index contributed by atoms with van der Waals surface area (Å²) >= 11 is 9.75. The van der Waals surface area contributed by atoms with Crippen molar-refractivity contribution in [2.24, 2.45) is 0 Å². The molecule has 102 valence electrons. The molecule has 1 aliphatic heterocycles. The molecule has 0 atom stereocenters. The van der Waals surface area contributed by atoms with Gasteiger partial charge in [-0.25, -0.2) is 0 Å². The van der Waals surface area contributed by atoms with E-state index >= 15 is 0 Å². The van der Waals surface area contributed by atoms with Gasteiger partial charge in [0.05, 0.1) is 17.1 Å². The van der Waals surface area contributed by atoms with Crippen LogP contribution < -0.4 is 10.6 Å². The number of hydrogen-bond acceptors (Lipinski definition) is 2. The molecule has 3 rings (SSSR count). The molecule has 0 radical (unpaired) electrons. The molecule has 0 saturated heterocycles. The van der Waals surface area contributed by atoms with Gasteiger partial charge in [-0.1, -0.05) is 45.7 Å². The van der Waals surface area contributed by atoms with Crippen LogP contribution in [0, 0.1) is 0 Å². The van der Waals surface area contributed by atoms with E-state index in [-0.39, 0.29) is 5.91 Å². The van der Waals surface area contributed by atoms with Crippen molar-refractivity contribution in [2.45, 2.75) is 13.0 Å². The molecule has 2 N–H and O–H groups in total. The first kappa shape index (κ1) is 13.5. The van der Waals surface area contributed by atoms with Crippen molar-refractivity contribution < 1.29 is 4.79 Å². The molecule has 0 spiro atoms. The lowest BCUT2D eigenvalue weighted by Crippen LogP contribution is -2.03. The molecule has 1 aliphatic rings. The maximum absolute atomic E-state index is 11.4. The summed E-state index contributed by atoms with van der Waals surface area (Å²) in [6, 6.07) is 11.8. The Kier molecular flexibility index (Phi) is 3.68. The molecule has 5 heteroatoms. The molecular formula is C15H12BrClN2O. The molecule has 2 aromatic carbocycles. The van der Waals surface area contributed by atoms with E-state index in [0.717, 1.165) is 27.0 Å². The summed E-state index contributed by atoms with van der Waals surface area (Å²) in [6.45, 7) is 0.668. The number of rotatable bonds is 3. The van der Waals surface area contributed by atoms with Gasteiger partial charge in [-0.05, 0) is 29.3 Å². The summed E-state index contributed by atoms with van der Waals surface area (Å²) < 4.78 is 1.06. The Labute approximate surface area is 130 Å². The lowest BCUT2D eigenvalue weighted by molar-refractivity contribution is -0.115. The van der Waals surface area contributed by atoms with E-state index in [1.807, 2.05) is 30.3 Å². The van der Waals surface area contributed by atoms with Gasteiger partial charge in [0.2, 0.25) is 5.91 Å². The minimum atomic E-state index is 0.0130. The van der Waals surface area contributed by atoms with Crippen LogP contribution in [0.2, 0.25) is 5.02 Å². The third kappa shape index (κ3) is 2.67. The molecular weight excluding hydrogens is 340 g/mol. The lowest BCUT2D eigenvalue weighted by atomic mass is 10.1. The molecule has 0 bridgehead atoms. The number of hydrogen-bond donors (Lipinski definition) is 2. The van der Waals surface area contributed by atoms with Crippen molar-refractivity contribution in [3.63, 3.8) is 0 Å². The van der Waals surface area contributed by atoms with Crippen LogP contribution >= 0.6 is 27.5 Å². The molecule has 0 aromatic heterocycles. The number of amides is 1. The van der Waals surface area contributed by atoms with Gasteiger partial charge in [-0.3, -0.25) is 4.79 Å². The fraction of sp³-hybridized carbons (Fsp3) is 0.133. The summed E-state index contributed by atoms with van der Waals surface area (Å²) in [4.78, 5) is 11.4. The number of fused-ring (bicyclic) bond motifs is 1. The summed E-state index contributed by atoms with van der Waals surface area (Å²) in [7, 11) is 0. The number of nitrogens with one attached hydrogen (secondary N) is 2. The largest absolute Gasteiger partial charge is 0.380 e. The van der Waals surface area contributed by atoms with Crippen LogP contribution in [-0.4, -0.2) is 5.91 Å². The summed E-state index contributed by atoms with van der Waals surface area (Å²) in [5, 5.41) is 6.71. The van der Waals surface area contributed by atoms with Gasteiger partial charge in [0.1, 0.15) is 0 Å². The highest BCUT2D eigenvalue weighted by molar-refractivity contribution is 9.10. The van der Waals surface area contributed by atoms with Crippen LogP contribution in [0.25, 0.3) is 0 Å². The van der Waals surface area contributed by atoms with E-state index in [2.05, 4.69) is 26.6 Å². The summed E-state index contributed by atoms with van der Waals surface area (Å²) in [6.07, 6.45) is 0.413. The zero-order valence-electron chi connectivity index (χ0n) is 10.5. The molecule has 1 amide bonds. The Bertz CT molecular complexity index is 688. The van der Waals surface area contributed by atoms with Crippen LogP contribution in [-0.2, 0) is 17.8 Å². The van der Waals surface area contributed by atoms with E-state index in [1.165, 1.54) is 0 Å². The van der Waals surface area contributed by atoms with Crippen LogP contribution in [0.4, 0.5) is 11.4 Å². The zero-order valence-corrected chi connectivity index (χ0v) is 12.9. The SMILES string of the molecule is O=C1Cc2cc(NCc3ccccc3Br)c(Cl)cc2N1. The number of anilines is 2. The summed E-state index contributed by atoms with van der Waals surface area (Å²) in [5.41, 5.74) is 3.79. The normalized spacial score (nSPS) is 13.0. The molecule has 1 heterocycles. The summed E-state index contributed by atoms with van der Waals surface area (Å²) in [5.74, 6) is 0.0130. The van der Waals surface area contributed by atoms with Gasteiger partial charge in [0.15, 0.2) is 0 Å².